The highest BCUT2D eigenvalue weighted by Gasteiger charge is 2.57. The molecule has 0 aromatic heterocycles. The zero-order valence-corrected chi connectivity index (χ0v) is 18.0. The summed E-state index contributed by atoms with van der Waals surface area (Å²) < 4.78 is 6.47. The van der Waals surface area contributed by atoms with E-state index in [9.17, 15) is 14.7 Å². The molecule has 2 heterocycles. The van der Waals surface area contributed by atoms with E-state index in [0.29, 0.717) is 17.4 Å². The van der Waals surface area contributed by atoms with Gasteiger partial charge >= 0.3 is 5.97 Å². The number of aliphatic hydroxyl groups is 1. The van der Waals surface area contributed by atoms with E-state index in [2.05, 4.69) is 29.8 Å². The van der Waals surface area contributed by atoms with Crippen molar-refractivity contribution in [2.75, 3.05) is 0 Å². The van der Waals surface area contributed by atoms with Crippen LogP contribution < -0.4 is 0 Å². The van der Waals surface area contributed by atoms with E-state index in [4.69, 9.17) is 4.74 Å². The van der Waals surface area contributed by atoms with Crippen LogP contribution in [0, 0.1) is 5.92 Å². The van der Waals surface area contributed by atoms with Crippen LogP contribution in [0.1, 0.15) is 39.2 Å². The van der Waals surface area contributed by atoms with Gasteiger partial charge in [0.1, 0.15) is 12.3 Å². The summed E-state index contributed by atoms with van der Waals surface area (Å²) in [6, 6.07) is 7.42. The number of halogens is 1. The van der Waals surface area contributed by atoms with Crippen LogP contribution in [0.25, 0.3) is 0 Å². The van der Waals surface area contributed by atoms with E-state index in [1.54, 1.807) is 18.7 Å². The summed E-state index contributed by atoms with van der Waals surface area (Å²) in [5.74, 6) is -1.09. The fourth-order valence-electron chi connectivity index (χ4n) is 3.45. The monoisotopic (exact) mass is 453 g/mol. The number of amides is 1. The summed E-state index contributed by atoms with van der Waals surface area (Å²) in [7, 11) is 0. The van der Waals surface area contributed by atoms with Crippen LogP contribution in [0.2, 0.25) is 0 Å². The second-order valence-electron chi connectivity index (χ2n) is 7.06. The third kappa shape index (κ3) is 4.10. The molecule has 1 aromatic carbocycles. The highest BCUT2D eigenvalue weighted by molar-refractivity contribution is 9.10. The van der Waals surface area contributed by atoms with Gasteiger partial charge in [0.05, 0.1) is 18.1 Å². The van der Waals surface area contributed by atoms with Crippen molar-refractivity contribution in [1.29, 1.82) is 0 Å². The van der Waals surface area contributed by atoms with Gasteiger partial charge in [-0.3, -0.25) is 4.79 Å². The number of carbonyl (C=O) groups is 2. The normalized spacial score (nSPS) is 23.7. The zero-order valence-electron chi connectivity index (χ0n) is 15.6. The molecule has 1 N–H and O–H groups in total. The summed E-state index contributed by atoms with van der Waals surface area (Å²) >= 11 is 5.01. The number of β-lactam (4-membered cyclic amide) rings is 1. The van der Waals surface area contributed by atoms with Crippen LogP contribution in [0.5, 0.6) is 0 Å². The molecule has 1 amide bonds. The zero-order chi connectivity index (χ0) is 19.7. The van der Waals surface area contributed by atoms with Gasteiger partial charge in [-0.1, -0.05) is 41.9 Å². The Kier molecular flexibility index (Phi) is 6.33. The fourth-order valence-corrected chi connectivity index (χ4v) is 4.93. The molecular formula is C20H24BrNO4S. The van der Waals surface area contributed by atoms with Gasteiger partial charge in [-0.25, -0.2) is 4.79 Å². The Hall–Kier alpha value is -1.31. The lowest BCUT2D eigenvalue weighted by molar-refractivity contribution is -0.162. The molecule has 1 aromatic rings. The van der Waals surface area contributed by atoms with Crippen LogP contribution >= 0.6 is 27.7 Å². The summed E-state index contributed by atoms with van der Waals surface area (Å²) in [6.07, 6.45) is 0.860. The van der Waals surface area contributed by atoms with Crippen molar-refractivity contribution in [2.45, 2.75) is 57.6 Å². The van der Waals surface area contributed by atoms with Gasteiger partial charge in [-0.05, 0) is 31.0 Å². The van der Waals surface area contributed by atoms with Crippen LogP contribution in [-0.2, 0) is 20.9 Å². The number of nitrogens with zero attached hydrogens (tertiary/aromatic N) is 1. The average Bonchev–Trinajstić information content (AvgIpc) is 2.94. The molecule has 146 valence electrons. The maximum atomic E-state index is 12.8. The van der Waals surface area contributed by atoms with Gasteiger partial charge in [0.25, 0.3) is 0 Å². The molecule has 5 nitrogen and oxygen atoms in total. The van der Waals surface area contributed by atoms with E-state index in [0.717, 1.165) is 21.4 Å². The minimum atomic E-state index is -0.716. The number of fused-ring (bicyclic) bond motifs is 1. The smallest absolute Gasteiger partial charge is 0.356 e. The number of thioether (sulfide) groups is 1. The average molecular weight is 454 g/mol. The molecule has 7 heteroatoms. The number of hydrogen-bond acceptors (Lipinski definition) is 5. The number of esters is 1. The fraction of sp³-hybridized carbons (Fsp3) is 0.500. The second kappa shape index (κ2) is 8.37. The highest BCUT2D eigenvalue weighted by Crippen LogP contribution is 2.48. The van der Waals surface area contributed by atoms with E-state index in [-0.39, 0.29) is 18.6 Å². The van der Waals surface area contributed by atoms with Crippen molar-refractivity contribution in [1.82, 2.24) is 4.90 Å². The molecule has 4 unspecified atom stereocenters. The maximum absolute atomic E-state index is 12.8. The van der Waals surface area contributed by atoms with Crippen molar-refractivity contribution in [2.24, 2.45) is 5.92 Å². The summed E-state index contributed by atoms with van der Waals surface area (Å²) in [5.41, 5.74) is 1.25. The van der Waals surface area contributed by atoms with Gasteiger partial charge in [0, 0.05) is 21.0 Å². The van der Waals surface area contributed by atoms with Crippen molar-refractivity contribution in [3.05, 3.63) is 44.9 Å². The lowest BCUT2D eigenvalue weighted by Crippen LogP contribution is -2.61. The Morgan fingerprint density at radius 3 is 2.63 bits per heavy atom. The molecular weight excluding hydrogens is 430 g/mol. The van der Waals surface area contributed by atoms with Crippen LogP contribution in [-0.4, -0.2) is 39.3 Å². The molecule has 0 radical (unpaired) electrons. The number of rotatable bonds is 7. The summed E-state index contributed by atoms with van der Waals surface area (Å²) in [6.45, 7) is 5.98. The van der Waals surface area contributed by atoms with Crippen LogP contribution in [0.3, 0.4) is 0 Å². The Morgan fingerprint density at radius 1 is 1.37 bits per heavy atom. The SMILES string of the molecule is CCC(C)SC1=C(C(=O)OCc2ccc(Br)cc2)N2C(=O)C(C(C)O)C2C1. The van der Waals surface area contributed by atoms with Gasteiger partial charge in [0.2, 0.25) is 5.91 Å². The number of ether oxygens (including phenoxy) is 1. The molecule has 2 aliphatic heterocycles. The molecule has 1 fully saturated rings. The molecule has 2 aliphatic rings. The first-order valence-corrected chi connectivity index (χ1v) is 10.8. The topological polar surface area (TPSA) is 66.8 Å². The Labute approximate surface area is 172 Å². The number of benzene rings is 1. The number of hydrogen-bond donors (Lipinski definition) is 1. The molecule has 1 saturated heterocycles. The molecule has 0 aliphatic carbocycles. The third-order valence-electron chi connectivity index (χ3n) is 5.08. The second-order valence-corrected chi connectivity index (χ2v) is 9.51. The van der Waals surface area contributed by atoms with Crippen molar-refractivity contribution in [3.8, 4) is 0 Å². The van der Waals surface area contributed by atoms with Gasteiger partial charge in [-0.2, -0.15) is 0 Å². The van der Waals surface area contributed by atoms with Gasteiger partial charge < -0.3 is 14.7 Å². The molecule has 4 atom stereocenters. The Morgan fingerprint density at radius 2 is 2.04 bits per heavy atom. The van der Waals surface area contributed by atoms with E-state index in [1.165, 1.54) is 4.90 Å². The largest absolute Gasteiger partial charge is 0.456 e. The van der Waals surface area contributed by atoms with E-state index >= 15 is 0 Å². The standard InChI is InChI=1S/C20H24BrNO4S/c1-4-11(2)27-16-9-15-17(12(3)23)19(24)22(15)18(16)20(25)26-10-13-5-7-14(21)8-6-13/h5-8,11-12,15,17,23H,4,9-10H2,1-3H3. The molecule has 0 bridgehead atoms. The summed E-state index contributed by atoms with van der Waals surface area (Å²) in [4.78, 5) is 27.8. The third-order valence-corrected chi connectivity index (χ3v) is 6.99. The predicted octanol–water partition coefficient (Wildman–Crippen LogP) is 3.85. The first kappa shape index (κ1) is 20.4. The minimum absolute atomic E-state index is 0.140. The van der Waals surface area contributed by atoms with Gasteiger partial charge in [-0.15, -0.1) is 11.8 Å². The number of aliphatic hydroxyl groups excluding tert-OH is 1. The number of carbonyl (C=O) groups excluding carboxylic acids is 2. The van der Waals surface area contributed by atoms with Gasteiger partial charge in [0.15, 0.2) is 0 Å². The first-order chi connectivity index (χ1) is 12.8. The molecule has 0 spiro atoms. The highest BCUT2D eigenvalue weighted by atomic mass is 79.9. The summed E-state index contributed by atoms with van der Waals surface area (Å²) in [5, 5.41) is 10.3. The lowest BCUT2D eigenvalue weighted by atomic mass is 9.83. The van der Waals surface area contributed by atoms with Crippen molar-refractivity contribution < 1.29 is 19.4 Å². The minimum Gasteiger partial charge on any atom is -0.456 e. The molecule has 0 saturated carbocycles. The maximum Gasteiger partial charge on any atom is 0.356 e. The Bertz CT molecular complexity index is 762. The molecule has 27 heavy (non-hydrogen) atoms. The van der Waals surface area contributed by atoms with E-state index < -0.39 is 18.0 Å². The molecule has 3 rings (SSSR count). The Balaban J connectivity index is 1.77. The van der Waals surface area contributed by atoms with E-state index in [1.807, 2.05) is 24.3 Å². The van der Waals surface area contributed by atoms with Crippen molar-refractivity contribution >= 4 is 39.6 Å². The van der Waals surface area contributed by atoms with Crippen molar-refractivity contribution in [3.63, 3.8) is 0 Å². The van der Waals surface area contributed by atoms with Crippen LogP contribution in [0.15, 0.2) is 39.3 Å². The first-order valence-electron chi connectivity index (χ1n) is 9.16. The predicted molar refractivity (Wildman–Crippen MR) is 109 cm³/mol. The van der Waals surface area contributed by atoms with Crippen LogP contribution in [0.4, 0.5) is 0 Å². The quantitative estimate of drug-likeness (QED) is 0.501. The lowest BCUT2D eigenvalue weighted by Gasteiger charge is -2.44.